The number of para-hydroxylation sites is 1. The average molecular weight is 344 g/mol. The van der Waals surface area contributed by atoms with Crippen LogP contribution in [-0.4, -0.2) is 17.7 Å². The lowest BCUT2D eigenvalue weighted by Gasteiger charge is -2.06. The minimum absolute atomic E-state index is 0.0145. The molecule has 3 rings (SSSR count). The lowest BCUT2D eigenvalue weighted by Crippen LogP contribution is -2.16. The highest BCUT2D eigenvalue weighted by Crippen LogP contribution is 2.20. The van der Waals surface area contributed by atoms with Crippen molar-refractivity contribution in [1.82, 2.24) is 0 Å². The first kappa shape index (κ1) is 17.4. The molecular formula is C22H17FN2O. The van der Waals surface area contributed by atoms with Gasteiger partial charge in [0.05, 0.1) is 11.4 Å². The summed E-state index contributed by atoms with van der Waals surface area (Å²) in [5, 5.41) is 8.14. The molecule has 3 aromatic rings. The highest BCUT2D eigenvalue weighted by Gasteiger charge is 2.16. The molecule has 0 spiro atoms. The molecule has 0 aliphatic heterocycles. The van der Waals surface area contributed by atoms with E-state index in [4.69, 9.17) is 5.41 Å². The van der Waals surface area contributed by atoms with Crippen LogP contribution in [0, 0.1) is 11.2 Å². The van der Waals surface area contributed by atoms with Gasteiger partial charge in [-0.25, -0.2) is 4.39 Å². The molecule has 0 amide bonds. The van der Waals surface area contributed by atoms with Gasteiger partial charge in [0.25, 0.3) is 0 Å². The zero-order valence-corrected chi connectivity index (χ0v) is 14.0. The lowest BCUT2D eigenvalue weighted by atomic mass is 9.99. The number of hydrogen-bond donors (Lipinski definition) is 1. The third-order valence-electron chi connectivity index (χ3n) is 3.87. The molecule has 26 heavy (non-hydrogen) atoms. The zero-order valence-electron chi connectivity index (χ0n) is 14.0. The monoisotopic (exact) mass is 344 g/mol. The Kier molecular flexibility index (Phi) is 5.44. The van der Waals surface area contributed by atoms with E-state index in [2.05, 4.69) is 4.99 Å². The highest BCUT2D eigenvalue weighted by atomic mass is 19.1. The van der Waals surface area contributed by atoms with Gasteiger partial charge in [0.2, 0.25) is 5.78 Å². The van der Waals surface area contributed by atoms with Gasteiger partial charge in [-0.05, 0) is 35.4 Å². The third kappa shape index (κ3) is 4.36. The minimum atomic E-state index is -0.347. The summed E-state index contributed by atoms with van der Waals surface area (Å²) < 4.78 is 13.0. The summed E-state index contributed by atoms with van der Waals surface area (Å²) >= 11 is 0. The number of Topliss-reactive ketones (excluding diaryl/α,β-unsaturated/α-hetero) is 1. The van der Waals surface area contributed by atoms with Crippen LogP contribution in [0.15, 0.2) is 83.9 Å². The van der Waals surface area contributed by atoms with Crippen molar-refractivity contribution in [3.63, 3.8) is 0 Å². The molecule has 0 bridgehead atoms. The van der Waals surface area contributed by atoms with Gasteiger partial charge in [-0.3, -0.25) is 9.79 Å². The predicted molar refractivity (Wildman–Crippen MR) is 102 cm³/mol. The lowest BCUT2D eigenvalue weighted by molar-refractivity contribution is 0.106. The molecule has 0 saturated carbocycles. The van der Waals surface area contributed by atoms with Gasteiger partial charge >= 0.3 is 0 Å². The second-order valence-corrected chi connectivity index (χ2v) is 5.80. The number of hydrogen-bond acceptors (Lipinski definition) is 3. The second-order valence-electron chi connectivity index (χ2n) is 5.80. The summed E-state index contributed by atoms with van der Waals surface area (Å²) in [6.45, 7) is 0. The fourth-order valence-corrected chi connectivity index (χ4v) is 2.51. The Morgan fingerprint density at radius 2 is 1.58 bits per heavy atom. The number of halogens is 1. The van der Waals surface area contributed by atoms with E-state index in [0.717, 1.165) is 11.1 Å². The molecule has 1 N–H and O–H groups in total. The van der Waals surface area contributed by atoms with Gasteiger partial charge in [-0.1, -0.05) is 54.6 Å². The number of benzene rings is 3. The maximum Gasteiger partial charge on any atom is 0.208 e. The smallest absolute Gasteiger partial charge is 0.208 e. The van der Waals surface area contributed by atoms with Gasteiger partial charge in [0, 0.05) is 18.2 Å². The zero-order chi connectivity index (χ0) is 18.4. The van der Waals surface area contributed by atoms with Crippen LogP contribution in [0.5, 0.6) is 0 Å². The molecule has 3 nitrogen and oxygen atoms in total. The molecule has 0 radical (unpaired) electrons. The normalized spacial score (nSPS) is 10.8. The molecule has 0 aromatic heterocycles. The van der Waals surface area contributed by atoms with Crippen LogP contribution in [0.25, 0.3) is 0 Å². The van der Waals surface area contributed by atoms with Crippen LogP contribution >= 0.6 is 0 Å². The number of nitrogens with one attached hydrogen (secondary N) is 1. The molecule has 0 aliphatic carbocycles. The number of carbonyl (C=O) groups is 1. The van der Waals surface area contributed by atoms with E-state index < -0.39 is 0 Å². The van der Waals surface area contributed by atoms with E-state index in [1.165, 1.54) is 12.1 Å². The van der Waals surface area contributed by atoms with E-state index >= 15 is 0 Å². The first-order chi connectivity index (χ1) is 12.6. The minimum Gasteiger partial charge on any atom is -0.301 e. The molecule has 128 valence electrons. The van der Waals surface area contributed by atoms with Crippen molar-refractivity contribution in [1.29, 1.82) is 5.41 Å². The van der Waals surface area contributed by atoms with Crippen LogP contribution in [-0.2, 0) is 6.42 Å². The maximum absolute atomic E-state index is 13.0. The maximum atomic E-state index is 13.0. The van der Waals surface area contributed by atoms with Gasteiger partial charge in [0.15, 0.2) is 0 Å². The van der Waals surface area contributed by atoms with Crippen molar-refractivity contribution >= 4 is 23.4 Å². The number of nitrogens with zero attached hydrogens (tertiary/aromatic N) is 1. The first-order valence-corrected chi connectivity index (χ1v) is 8.18. The first-order valence-electron chi connectivity index (χ1n) is 8.18. The van der Waals surface area contributed by atoms with E-state index in [9.17, 15) is 9.18 Å². The Bertz CT molecular complexity index is 947. The summed E-state index contributed by atoms with van der Waals surface area (Å²) in [6.07, 6.45) is 1.85. The van der Waals surface area contributed by atoms with Crippen molar-refractivity contribution in [2.24, 2.45) is 4.99 Å². The van der Waals surface area contributed by atoms with Gasteiger partial charge in [0.1, 0.15) is 5.82 Å². The van der Waals surface area contributed by atoms with Crippen molar-refractivity contribution in [2.45, 2.75) is 6.42 Å². The summed E-state index contributed by atoms with van der Waals surface area (Å²) in [6, 6.07) is 22.3. The molecule has 0 saturated heterocycles. The molecule has 3 aromatic carbocycles. The molecule has 0 aliphatic rings. The van der Waals surface area contributed by atoms with E-state index in [1.807, 2.05) is 30.3 Å². The summed E-state index contributed by atoms with van der Waals surface area (Å²) in [5.41, 5.74) is 2.53. The molecule has 4 heteroatoms. The fraction of sp³-hybridized carbons (Fsp3) is 0.0455. The highest BCUT2D eigenvalue weighted by molar-refractivity contribution is 6.46. The van der Waals surface area contributed by atoms with Crippen LogP contribution in [0.3, 0.4) is 0 Å². The van der Waals surface area contributed by atoms with E-state index in [1.54, 1.807) is 42.6 Å². The summed E-state index contributed by atoms with van der Waals surface area (Å²) in [7, 11) is 0. The Morgan fingerprint density at radius 1 is 0.923 bits per heavy atom. The third-order valence-corrected chi connectivity index (χ3v) is 3.87. The molecule has 0 unspecified atom stereocenters. The molecule has 0 fully saturated rings. The number of carbonyl (C=O) groups excluding carboxylic acids is 1. The van der Waals surface area contributed by atoms with Gasteiger partial charge in [-0.2, -0.15) is 0 Å². The van der Waals surface area contributed by atoms with Crippen LogP contribution in [0.2, 0.25) is 0 Å². The predicted octanol–water partition coefficient (Wildman–Crippen LogP) is 5.02. The number of aliphatic imine (C=N–C) groups is 1. The van der Waals surface area contributed by atoms with Crippen molar-refractivity contribution < 1.29 is 9.18 Å². The van der Waals surface area contributed by atoms with Crippen LogP contribution in [0.4, 0.5) is 10.1 Å². The fourth-order valence-electron chi connectivity index (χ4n) is 2.51. The number of rotatable bonds is 6. The van der Waals surface area contributed by atoms with Gasteiger partial charge < -0.3 is 5.41 Å². The Hall–Kier alpha value is -3.40. The average Bonchev–Trinajstić information content (AvgIpc) is 2.68. The molecule has 0 heterocycles. The van der Waals surface area contributed by atoms with E-state index in [-0.39, 0.29) is 23.7 Å². The number of ketones is 1. The Balaban J connectivity index is 1.80. The second kappa shape index (κ2) is 8.12. The standard InChI is InChI=1S/C22H17FN2O/c23-18-12-10-17(11-13-18)15-25-21-9-5-4-8-19(21)22(26)20(24)14-16-6-2-1-3-7-16/h1-13,15,24H,14H2. The van der Waals surface area contributed by atoms with Crippen molar-refractivity contribution in [3.05, 3.63) is 101 Å². The quantitative estimate of drug-likeness (QED) is 0.495. The Morgan fingerprint density at radius 3 is 2.31 bits per heavy atom. The topological polar surface area (TPSA) is 53.3 Å². The largest absolute Gasteiger partial charge is 0.301 e. The molecule has 0 atom stereocenters. The van der Waals surface area contributed by atoms with Crippen LogP contribution < -0.4 is 0 Å². The van der Waals surface area contributed by atoms with Crippen LogP contribution in [0.1, 0.15) is 21.5 Å². The Labute approximate surface area is 151 Å². The van der Waals surface area contributed by atoms with Gasteiger partial charge in [-0.15, -0.1) is 0 Å². The molecular weight excluding hydrogens is 327 g/mol. The van der Waals surface area contributed by atoms with E-state index in [0.29, 0.717) is 11.3 Å². The summed E-state index contributed by atoms with van der Waals surface area (Å²) in [5.74, 6) is -0.659. The SMILES string of the molecule is N=C(Cc1ccccc1)C(=O)c1ccccc1N=Cc1ccc(F)cc1. The summed E-state index contributed by atoms with van der Waals surface area (Å²) in [4.78, 5) is 17.0. The van der Waals surface area contributed by atoms with Crippen molar-refractivity contribution in [3.8, 4) is 0 Å². The van der Waals surface area contributed by atoms with Crippen molar-refractivity contribution in [2.75, 3.05) is 0 Å².